The smallest absolute Gasteiger partial charge is 0.321 e. The molecular weight excluding hydrogens is 502 g/mol. The van der Waals surface area contributed by atoms with Crippen LogP contribution >= 0.6 is 11.3 Å². The first-order valence-electron chi connectivity index (χ1n) is 11.6. The molecule has 10 nitrogen and oxygen atoms in total. The van der Waals surface area contributed by atoms with Gasteiger partial charge in [0, 0.05) is 23.4 Å². The topological polar surface area (TPSA) is 148 Å². The third-order valence-electron chi connectivity index (χ3n) is 5.45. The average Bonchev–Trinajstić information content (AvgIpc) is 3.55. The van der Waals surface area contributed by atoms with E-state index in [4.69, 9.17) is 10.3 Å². The second-order valence-corrected chi connectivity index (χ2v) is 9.35. The molecule has 0 atom stereocenters. The first-order chi connectivity index (χ1) is 18.4. The van der Waals surface area contributed by atoms with Crippen molar-refractivity contribution in [1.29, 1.82) is 0 Å². The summed E-state index contributed by atoms with van der Waals surface area (Å²) in [7, 11) is 0. The second kappa shape index (κ2) is 10.9. The lowest BCUT2D eigenvalue weighted by atomic mass is 10.1. The van der Waals surface area contributed by atoms with E-state index >= 15 is 0 Å². The zero-order valence-corrected chi connectivity index (χ0v) is 21.1. The van der Waals surface area contributed by atoms with E-state index in [0.29, 0.717) is 39.2 Å². The molecule has 0 unspecified atom stereocenters. The summed E-state index contributed by atoms with van der Waals surface area (Å²) in [6, 6.07) is 23.6. The molecule has 0 saturated heterocycles. The molecule has 0 bridgehead atoms. The fourth-order valence-corrected chi connectivity index (χ4v) is 4.42. The van der Waals surface area contributed by atoms with E-state index in [9.17, 15) is 9.59 Å². The maximum Gasteiger partial charge on any atom is 0.321 e. The number of urea groups is 1. The van der Waals surface area contributed by atoms with E-state index in [1.807, 2.05) is 55.5 Å². The van der Waals surface area contributed by atoms with Gasteiger partial charge >= 0.3 is 6.03 Å². The quantitative estimate of drug-likeness (QED) is 0.225. The van der Waals surface area contributed by atoms with Gasteiger partial charge in [0.05, 0.1) is 0 Å². The van der Waals surface area contributed by atoms with Crippen molar-refractivity contribution in [3.05, 3.63) is 95.6 Å². The number of amides is 3. The van der Waals surface area contributed by atoms with Crippen LogP contribution in [0.4, 0.5) is 21.4 Å². The largest absolute Gasteiger partial charge is 0.382 e. The van der Waals surface area contributed by atoms with Crippen molar-refractivity contribution >= 4 is 39.9 Å². The summed E-state index contributed by atoms with van der Waals surface area (Å²) in [5.41, 5.74) is 9.83. The van der Waals surface area contributed by atoms with Crippen LogP contribution in [0, 0.1) is 6.92 Å². The van der Waals surface area contributed by atoms with Crippen LogP contribution in [0.5, 0.6) is 0 Å². The van der Waals surface area contributed by atoms with Crippen molar-refractivity contribution in [3.63, 3.8) is 0 Å². The van der Waals surface area contributed by atoms with Gasteiger partial charge in [-0.3, -0.25) is 10.1 Å². The first-order valence-corrected chi connectivity index (χ1v) is 12.4. The average molecular weight is 526 g/mol. The molecule has 11 heteroatoms. The molecule has 0 spiro atoms. The van der Waals surface area contributed by atoms with Crippen LogP contribution < -0.4 is 21.7 Å². The lowest BCUT2D eigenvalue weighted by Gasteiger charge is -2.06. The van der Waals surface area contributed by atoms with Crippen LogP contribution in [0.2, 0.25) is 0 Å². The molecule has 0 fully saturated rings. The van der Waals surface area contributed by atoms with Gasteiger partial charge in [-0.15, -0.1) is 0 Å². The summed E-state index contributed by atoms with van der Waals surface area (Å²) < 4.78 is 5.43. The highest BCUT2D eigenvalue weighted by molar-refractivity contribution is 7.19. The fourth-order valence-electron chi connectivity index (χ4n) is 3.62. The number of nitrogens with zero attached hydrogens (tertiary/aromatic N) is 3. The van der Waals surface area contributed by atoms with E-state index in [0.717, 1.165) is 22.5 Å². The SMILES string of the molecule is Cc1cccc(C(=O)Nc2cccc(-c3noc(-c4sc(NC(=O)NCc5ccccc5)nc4N)n3)c2)c1. The van der Waals surface area contributed by atoms with Crippen molar-refractivity contribution in [2.75, 3.05) is 16.4 Å². The van der Waals surface area contributed by atoms with Crippen LogP contribution in [0.3, 0.4) is 0 Å². The minimum atomic E-state index is -0.412. The number of carbonyl (C=O) groups is 2. The Labute approximate surface area is 221 Å². The maximum atomic E-state index is 12.6. The molecule has 0 radical (unpaired) electrons. The number of thiazole rings is 1. The Morgan fingerprint density at radius 3 is 2.58 bits per heavy atom. The van der Waals surface area contributed by atoms with Crippen molar-refractivity contribution in [1.82, 2.24) is 20.4 Å². The Morgan fingerprint density at radius 2 is 1.76 bits per heavy atom. The number of anilines is 3. The van der Waals surface area contributed by atoms with Gasteiger partial charge in [-0.05, 0) is 36.8 Å². The fraction of sp³-hybridized carbons (Fsp3) is 0.0741. The van der Waals surface area contributed by atoms with Gasteiger partial charge in [-0.25, -0.2) is 9.78 Å². The van der Waals surface area contributed by atoms with E-state index in [1.54, 1.807) is 30.3 Å². The zero-order chi connectivity index (χ0) is 26.5. The van der Waals surface area contributed by atoms with Gasteiger partial charge in [0.25, 0.3) is 11.8 Å². The number of carbonyl (C=O) groups excluding carboxylic acids is 2. The van der Waals surface area contributed by atoms with E-state index < -0.39 is 6.03 Å². The lowest BCUT2D eigenvalue weighted by Crippen LogP contribution is -2.28. The summed E-state index contributed by atoms with van der Waals surface area (Å²) in [5.74, 6) is 0.421. The van der Waals surface area contributed by atoms with Crippen LogP contribution in [-0.4, -0.2) is 27.1 Å². The molecule has 38 heavy (non-hydrogen) atoms. The van der Waals surface area contributed by atoms with Crippen LogP contribution in [0.25, 0.3) is 22.2 Å². The Kier molecular flexibility index (Phi) is 7.09. The molecule has 0 aliphatic heterocycles. The van der Waals surface area contributed by atoms with Gasteiger partial charge in [-0.2, -0.15) is 4.98 Å². The Hall–Kier alpha value is -5.03. The summed E-state index contributed by atoms with van der Waals surface area (Å²) in [6.07, 6.45) is 0. The van der Waals surface area contributed by atoms with E-state index in [2.05, 4.69) is 31.1 Å². The van der Waals surface area contributed by atoms with Crippen LogP contribution in [0.1, 0.15) is 21.5 Å². The number of aryl methyl sites for hydroxylation is 1. The lowest BCUT2D eigenvalue weighted by molar-refractivity contribution is 0.102. The Bertz CT molecular complexity index is 1600. The molecule has 3 aromatic carbocycles. The predicted octanol–water partition coefficient (Wildman–Crippen LogP) is 5.32. The monoisotopic (exact) mass is 525 g/mol. The van der Waals surface area contributed by atoms with E-state index in [1.165, 1.54) is 0 Å². The molecule has 0 aliphatic carbocycles. The maximum absolute atomic E-state index is 12.6. The molecule has 3 amide bonds. The number of nitrogen functional groups attached to an aromatic ring is 1. The zero-order valence-electron chi connectivity index (χ0n) is 20.3. The van der Waals surface area contributed by atoms with Crippen molar-refractivity contribution < 1.29 is 14.1 Å². The molecule has 5 N–H and O–H groups in total. The van der Waals surface area contributed by atoms with Crippen LogP contribution in [0.15, 0.2) is 83.4 Å². The molecular formula is C27H23N7O3S. The number of hydrogen-bond donors (Lipinski definition) is 4. The van der Waals surface area contributed by atoms with Crippen molar-refractivity contribution in [2.45, 2.75) is 13.5 Å². The highest BCUT2D eigenvalue weighted by Crippen LogP contribution is 2.35. The molecule has 2 heterocycles. The molecule has 0 aliphatic rings. The van der Waals surface area contributed by atoms with Gasteiger partial charge in [-0.1, -0.05) is 76.7 Å². The highest BCUT2D eigenvalue weighted by Gasteiger charge is 2.19. The minimum absolute atomic E-state index is 0.155. The van der Waals surface area contributed by atoms with Gasteiger partial charge < -0.3 is 20.9 Å². The normalized spacial score (nSPS) is 10.7. The van der Waals surface area contributed by atoms with Crippen molar-refractivity contribution in [2.24, 2.45) is 0 Å². The second-order valence-electron chi connectivity index (χ2n) is 8.35. The third kappa shape index (κ3) is 5.85. The van der Waals surface area contributed by atoms with Gasteiger partial charge in [0.2, 0.25) is 5.82 Å². The molecule has 5 aromatic rings. The predicted molar refractivity (Wildman–Crippen MR) is 147 cm³/mol. The molecule has 0 saturated carbocycles. The number of rotatable bonds is 7. The summed E-state index contributed by atoms with van der Waals surface area (Å²) in [5, 5.41) is 12.7. The molecule has 5 rings (SSSR count). The third-order valence-corrected chi connectivity index (χ3v) is 6.42. The van der Waals surface area contributed by atoms with Gasteiger partial charge in [0.1, 0.15) is 10.7 Å². The molecule has 2 aromatic heterocycles. The standard InChI is InChI=1S/C27H23N7O3S/c1-16-7-5-11-19(13-16)24(35)30-20-12-6-10-18(14-20)23-32-25(37-34-23)21-22(28)31-27(38-21)33-26(36)29-15-17-8-3-2-4-9-17/h2-14H,15,28H2,1H3,(H,30,35)(H2,29,31,33,36). The van der Waals surface area contributed by atoms with E-state index in [-0.39, 0.29) is 17.6 Å². The Balaban J connectivity index is 1.26. The molecule has 190 valence electrons. The Morgan fingerprint density at radius 1 is 0.947 bits per heavy atom. The first kappa shape index (κ1) is 24.7. The number of aromatic nitrogens is 3. The number of nitrogens with one attached hydrogen (secondary N) is 3. The van der Waals surface area contributed by atoms with Gasteiger partial charge in [0.15, 0.2) is 5.13 Å². The highest BCUT2D eigenvalue weighted by atomic mass is 32.1. The summed E-state index contributed by atoms with van der Waals surface area (Å²) >= 11 is 1.12. The summed E-state index contributed by atoms with van der Waals surface area (Å²) in [6.45, 7) is 2.30. The summed E-state index contributed by atoms with van der Waals surface area (Å²) in [4.78, 5) is 34.0. The number of benzene rings is 3. The number of hydrogen-bond acceptors (Lipinski definition) is 8. The van der Waals surface area contributed by atoms with Crippen molar-refractivity contribution in [3.8, 4) is 22.2 Å². The van der Waals surface area contributed by atoms with Crippen LogP contribution in [-0.2, 0) is 6.54 Å². The minimum Gasteiger partial charge on any atom is -0.382 e. The number of nitrogens with two attached hydrogens (primary N) is 1.